The van der Waals surface area contributed by atoms with E-state index in [-0.39, 0.29) is 20.1 Å². The maximum atomic E-state index is 5.22. The minimum atomic E-state index is 0. The summed E-state index contributed by atoms with van der Waals surface area (Å²) in [6, 6.07) is 52.6. The van der Waals surface area contributed by atoms with Gasteiger partial charge in [-0.2, -0.15) is 5.56 Å². The third-order valence-corrected chi connectivity index (χ3v) is 7.49. The first-order chi connectivity index (χ1) is 22.6. The number of benzene rings is 5. The van der Waals surface area contributed by atoms with Crippen molar-refractivity contribution in [2.24, 2.45) is 14.1 Å². The second kappa shape index (κ2) is 15.7. The molecule has 0 aliphatic carbocycles. The Morgan fingerprint density at radius 1 is 0.574 bits per heavy atom. The molecule has 0 aliphatic rings. The Hall–Kier alpha value is -5.42. The summed E-state index contributed by atoms with van der Waals surface area (Å²) in [5.74, 6) is 1.82. The Kier molecular flexibility index (Phi) is 11.0. The molecule has 0 amide bonds. The molecule has 0 atom stereocenters. The number of aryl methyl sites for hydroxylation is 2. The monoisotopic (exact) mass is 787 g/mol. The van der Waals surface area contributed by atoms with Gasteiger partial charge in [0, 0.05) is 20.3 Å². The van der Waals surface area contributed by atoms with Gasteiger partial charge in [0.1, 0.15) is 0 Å². The van der Waals surface area contributed by atoms with Crippen LogP contribution in [-0.4, -0.2) is 24.1 Å². The van der Waals surface area contributed by atoms with Gasteiger partial charge in [-0.15, -0.1) is 72.3 Å². The Balaban J connectivity index is 0.000000170. The zero-order valence-electron chi connectivity index (χ0n) is 26.1. The van der Waals surface area contributed by atoms with Gasteiger partial charge in [-0.1, -0.05) is 65.7 Å². The quantitative estimate of drug-likeness (QED) is 0.167. The van der Waals surface area contributed by atoms with Gasteiger partial charge < -0.3 is 14.1 Å². The smallest absolute Gasteiger partial charge is 0.359 e. The largest absolute Gasteiger partial charge is 3.00 e. The van der Waals surface area contributed by atoms with E-state index in [0.29, 0.717) is 0 Å². The Bertz CT molecular complexity index is 2050. The molecule has 0 N–H and O–H groups in total. The molecule has 0 spiro atoms. The second-order valence-corrected chi connectivity index (χ2v) is 10.5. The standard InChI is InChI=1S/C22H17N4.C11H8N.C8H7.Ir/c1-25-19-12-5-3-10-17(19)23-21(25)15-8-7-9-16(14-15)22-24-18-11-4-6-13-20(18)26(22)2;1-2-6-10(7-3-1)11-8-4-5-9-12-11;1-2-8-6-4-3-5-7-8;/h3-13H,1-2H3;1-6,8-9H;1-7H;/q3*-1;+3. The number of imidazole rings is 2. The summed E-state index contributed by atoms with van der Waals surface area (Å²) in [6.45, 7) is 5.22. The van der Waals surface area contributed by atoms with Crippen LogP contribution in [0.2, 0.25) is 0 Å². The number of fused-ring (bicyclic) bond motifs is 2. The van der Waals surface area contributed by atoms with E-state index in [1.165, 1.54) is 0 Å². The molecule has 8 rings (SSSR count). The molecule has 0 saturated carbocycles. The predicted molar refractivity (Wildman–Crippen MR) is 188 cm³/mol. The first kappa shape index (κ1) is 33.0. The van der Waals surface area contributed by atoms with Crippen LogP contribution in [0.1, 0.15) is 5.56 Å². The number of hydrogen-bond acceptors (Lipinski definition) is 3. The maximum Gasteiger partial charge on any atom is 3.00 e. The molecule has 6 heteroatoms. The number of nitrogens with zero attached hydrogens (tertiary/aromatic N) is 5. The summed E-state index contributed by atoms with van der Waals surface area (Å²) in [7, 11) is 4.08. The number of pyridine rings is 1. The van der Waals surface area contributed by atoms with E-state index >= 15 is 0 Å². The summed E-state index contributed by atoms with van der Waals surface area (Å²) >= 11 is 0. The first-order valence-electron chi connectivity index (χ1n) is 15.0. The molecule has 230 valence electrons. The fourth-order valence-corrected chi connectivity index (χ4v) is 5.14. The molecule has 8 aromatic rings. The van der Waals surface area contributed by atoms with Crippen molar-refractivity contribution in [1.29, 1.82) is 0 Å². The third-order valence-electron chi connectivity index (χ3n) is 7.49. The van der Waals surface area contributed by atoms with E-state index in [2.05, 4.69) is 38.4 Å². The van der Waals surface area contributed by atoms with Gasteiger partial charge in [0.25, 0.3) is 0 Å². The Morgan fingerprint density at radius 3 is 1.60 bits per heavy atom. The molecule has 0 fully saturated rings. The molecular weight excluding hydrogens is 755 g/mol. The molecule has 0 aliphatic heterocycles. The number of para-hydroxylation sites is 4. The van der Waals surface area contributed by atoms with Crippen molar-refractivity contribution in [3.05, 3.63) is 170 Å². The fourth-order valence-electron chi connectivity index (χ4n) is 5.14. The van der Waals surface area contributed by atoms with Crippen LogP contribution in [0.3, 0.4) is 0 Å². The van der Waals surface area contributed by atoms with Gasteiger partial charge >= 0.3 is 20.1 Å². The summed E-state index contributed by atoms with van der Waals surface area (Å²) < 4.78 is 4.22. The molecule has 47 heavy (non-hydrogen) atoms. The van der Waals surface area contributed by atoms with Crippen molar-refractivity contribution in [2.75, 3.05) is 0 Å². The number of rotatable bonds is 4. The van der Waals surface area contributed by atoms with Crippen LogP contribution in [-0.2, 0) is 34.2 Å². The van der Waals surface area contributed by atoms with E-state index in [4.69, 9.17) is 16.5 Å². The molecule has 0 unspecified atom stereocenters. The average molecular weight is 787 g/mol. The van der Waals surface area contributed by atoms with Crippen molar-refractivity contribution in [3.8, 4) is 34.0 Å². The van der Waals surface area contributed by atoms with Crippen molar-refractivity contribution < 1.29 is 20.1 Å². The van der Waals surface area contributed by atoms with E-state index in [1.807, 2.05) is 141 Å². The van der Waals surface area contributed by atoms with Crippen molar-refractivity contribution in [3.63, 3.8) is 0 Å². The normalized spacial score (nSPS) is 10.3. The zero-order chi connectivity index (χ0) is 31.7. The minimum Gasteiger partial charge on any atom is -0.359 e. The van der Waals surface area contributed by atoms with Gasteiger partial charge in [-0.25, -0.2) is 6.08 Å². The third kappa shape index (κ3) is 7.70. The summed E-state index contributed by atoms with van der Waals surface area (Å²) in [4.78, 5) is 13.8. The van der Waals surface area contributed by atoms with Gasteiger partial charge in [0.2, 0.25) is 0 Å². The predicted octanol–water partition coefficient (Wildman–Crippen LogP) is 9.27. The van der Waals surface area contributed by atoms with Crippen LogP contribution in [0.5, 0.6) is 0 Å². The minimum absolute atomic E-state index is 0. The Morgan fingerprint density at radius 2 is 1.11 bits per heavy atom. The SMILES string of the molecule is Cn1c(-c2[c-]c(-c3nc4ccccc4n3C)ccc2)nc2ccccc21.[CH-]=Cc1ccccc1.[Ir+3].[c-]1ccccc1-c1ccccn1. The Labute approximate surface area is 289 Å². The van der Waals surface area contributed by atoms with Crippen molar-refractivity contribution >= 4 is 28.1 Å². The van der Waals surface area contributed by atoms with Crippen LogP contribution in [0.4, 0.5) is 0 Å². The molecule has 5 nitrogen and oxygen atoms in total. The number of hydrogen-bond donors (Lipinski definition) is 0. The summed E-state index contributed by atoms with van der Waals surface area (Å²) in [5.41, 5.74) is 9.22. The van der Waals surface area contributed by atoms with E-state index < -0.39 is 0 Å². The van der Waals surface area contributed by atoms with Crippen LogP contribution in [0, 0.1) is 18.7 Å². The van der Waals surface area contributed by atoms with Gasteiger partial charge in [-0.3, -0.25) is 16.5 Å². The van der Waals surface area contributed by atoms with E-state index in [9.17, 15) is 0 Å². The fraction of sp³-hybridized carbons (Fsp3) is 0.0488. The molecule has 0 saturated heterocycles. The zero-order valence-corrected chi connectivity index (χ0v) is 28.5. The molecule has 3 heterocycles. The molecule has 0 radical (unpaired) electrons. The molecule has 3 aromatic heterocycles. The van der Waals surface area contributed by atoms with E-state index in [1.54, 1.807) is 12.3 Å². The average Bonchev–Trinajstić information content (AvgIpc) is 3.66. The molecule has 0 bridgehead atoms. The summed E-state index contributed by atoms with van der Waals surface area (Å²) in [6.07, 6.45) is 3.37. The summed E-state index contributed by atoms with van der Waals surface area (Å²) in [5, 5.41) is 0. The first-order valence-corrected chi connectivity index (χ1v) is 15.0. The topological polar surface area (TPSA) is 48.5 Å². The van der Waals surface area contributed by atoms with Crippen LogP contribution < -0.4 is 0 Å². The number of aromatic nitrogens is 5. The maximum absolute atomic E-state index is 5.22. The second-order valence-electron chi connectivity index (χ2n) is 10.5. The van der Waals surface area contributed by atoms with Crippen molar-refractivity contribution in [1.82, 2.24) is 24.1 Å². The van der Waals surface area contributed by atoms with Gasteiger partial charge in [0.15, 0.2) is 0 Å². The molecular formula is C41H32IrN5. The van der Waals surface area contributed by atoms with Crippen molar-refractivity contribution in [2.45, 2.75) is 0 Å². The van der Waals surface area contributed by atoms with Crippen LogP contribution in [0.15, 0.2) is 146 Å². The van der Waals surface area contributed by atoms with E-state index in [0.717, 1.165) is 61.7 Å². The van der Waals surface area contributed by atoms with Gasteiger partial charge in [0.05, 0.1) is 33.7 Å². The molecule has 5 aromatic carbocycles. The van der Waals surface area contributed by atoms with Gasteiger partial charge in [-0.05, 0) is 36.0 Å². The van der Waals surface area contributed by atoms with Crippen LogP contribution in [0.25, 0.3) is 62.2 Å². The van der Waals surface area contributed by atoms with Crippen LogP contribution >= 0.6 is 0 Å².